The van der Waals surface area contributed by atoms with E-state index in [-0.39, 0.29) is 29.1 Å². The summed E-state index contributed by atoms with van der Waals surface area (Å²) in [6.07, 6.45) is 3.37. The van der Waals surface area contributed by atoms with E-state index in [4.69, 9.17) is 17.0 Å². The van der Waals surface area contributed by atoms with E-state index >= 15 is 0 Å². The van der Waals surface area contributed by atoms with Crippen LogP contribution in [0.15, 0.2) is 35.6 Å². The molecule has 10 heteroatoms. The minimum Gasteiger partial charge on any atom is -0.376 e. The van der Waals surface area contributed by atoms with Gasteiger partial charge in [-0.05, 0) is 70.5 Å². The zero-order valence-corrected chi connectivity index (χ0v) is 21.3. The highest BCUT2D eigenvalue weighted by Gasteiger charge is 2.28. The summed E-state index contributed by atoms with van der Waals surface area (Å²) in [6.45, 7) is 9.63. The summed E-state index contributed by atoms with van der Waals surface area (Å²) in [5.41, 5.74) is 1.26. The molecule has 1 aromatic carbocycles. The molecule has 2 heterocycles. The molecular formula is C23H33FN4O3S2. The molecular weight excluding hydrogens is 463 g/mol. The Labute approximate surface area is 201 Å². The molecule has 1 fully saturated rings. The van der Waals surface area contributed by atoms with Gasteiger partial charge in [0.1, 0.15) is 5.82 Å². The summed E-state index contributed by atoms with van der Waals surface area (Å²) in [4.78, 5) is 6.35. The Bertz CT molecular complexity index is 1050. The molecule has 0 unspecified atom stereocenters. The van der Waals surface area contributed by atoms with Gasteiger partial charge < -0.3 is 19.5 Å². The summed E-state index contributed by atoms with van der Waals surface area (Å²) in [5, 5.41) is 3.88. The second-order valence-corrected chi connectivity index (χ2v) is 11.3. The lowest BCUT2D eigenvalue weighted by Gasteiger charge is -2.31. The molecule has 182 valence electrons. The van der Waals surface area contributed by atoms with Gasteiger partial charge in [-0.3, -0.25) is 0 Å². The van der Waals surface area contributed by atoms with E-state index in [1.54, 1.807) is 10.8 Å². The lowest BCUT2D eigenvalue weighted by molar-refractivity contribution is 0.0935. The average molecular weight is 497 g/mol. The third-order valence-corrected chi connectivity index (χ3v) is 7.44. The van der Waals surface area contributed by atoms with Crippen LogP contribution in [0, 0.1) is 5.82 Å². The number of rotatable bonds is 9. The second-order valence-electron chi connectivity index (χ2n) is 8.99. The van der Waals surface area contributed by atoms with Crippen molar-refractivity contribution in [2.24, 2.45) is 0 Å². The number of imidazole rings is 1. The van der Waals surface area contributed by atoms with Crippen molar-refractivity contribution in [3.8, 4) is 0 Å². The van der Waals surface area contributed by atoms with Crippen LogP contribution in [0.25, 0.3) is 0 Å². The molecule has 1 atom stereocenters. The molecule has 0 spiro atoms. The van der Waals surface area contributed by atoms with Crippen molar-refractivity contribution in [3.63, 3.8) is 0 Å². The summed E-state index contributed by atoms with van der Waals surface area (Å²) in [7, 11) is -3.77. The first-order chi connectivity index (χ1) is 15.6. The minimum atomic E-state index is -3.77. The largest absolute Gasteiger partial charge is 0.376 e. The molecule has 1 aromatic heterocycles. The van der Waals surface area contributed by atoms with Gasteiger partial charge >= 0.3 is 0 Å². The molecule has 0 bridgehead atoms. The van der Waals surface area contributed by atoms with E-state index in [0.29, 0.717) is 30.4 Å². The molecule has 3 rings (SSSR count). The van der Waals surface area contributed by atoms with Gasteiger partial charge in [-0.2, -0.15) is 0 Å². The van der Waals surface area contributed by atoms with Crippen LogP contribution in [0.3, 0.4) is 0 Å². The van der Waals surface area contributed by atoms with Crippen LogP contribution in [0.5, 0.6) is 0 Å². The van der Waals surface area contributed by atoms with Gasteiger partial charge in [0.25, 0.3) is 0 Å². The Morgan fingerprint density at radius 2 is 2.00 bits per heavy atom. The number of nitrogens with zero attached hydrogens (tertiary/aromatic N) is 3. The number of halogens is 1. The third-order valence-electron chi connectivity index (χ3n) is 5.49. The van der Waals surface area contributed by atoms with Gasteiger partial charge in [0.15, 0.2) is 5.11 Å². The lowest BCUT2D eigenvalue weighted by atomic mass is 10.2. The first-order valence-corrected chi connectivity index (χ1v) is 13.3. The monoisotopic (exact) mass is 496 g/mol. The van der Waals surface area contributed by atoms with E-state index in [2.05, 4.69) is 10.3 Å². The van der Waals surface area contributed by atoms with Crippen molar-refractivity contribution in [2.75, 3.05) is 6.61 Å². The number of hydrogen-bond donors (Lipinski definition) is 1. The van der Waals surface area contributed by atoms with Crippen LogP contribution in [0.1, 0.15) is 51.8 Å². The van der Waals surface area contributed by atoms with Crippen molar-refractivity contribution in [2.45, 2.75) is 82.7 Å². The number of sulfone groups is 1. The number of thiocarbonyl (C=S) groups is 1. The standard InChI is InChI=1S/C23H33FN4O3S2/c1-16(2)26-22(32)27(17(3)4)13-20-12-25-23(28(20)14-21-6-5-11-31-21)33(29,30)15-18-7-9-19(24)10-8-18/h7-10,12,16-17,21H,5-6,11,13-15H2,1-4H3,(H,26,32)/t21-/m0/s1. The average Bonchev–Trinajstić information content (AvgIpc) is 3.37. The maximum absolute atomic E-state index is 13.3. The molecule has 1 saturated heterocycles. The fourth-order valence-electron chi connectivity index (χ4n) is 3.81. The van der Waals surface area contributed by atoms with Crippen molar-refractivity contribution < 1.29 is 17.5 Å². The molecule has 33 heavy (non-hydrogen) atoms. The Balaban J connectivity index is 1.93. The first kappa shape index (κ1) is 25.6. The Hall–Kier alpha value is -2.04. The lowest BCUT2D eigenvalue weighted by Crippen LogP contribution is -2.46. The fraction of sp³-hybridized carbons (Fsp3) is 0.565. The van der Waals surface area contributed by atoms with Gasteiger partial charge in [0, 0.05) is 18.7 Å². The van der Waals surface area contributed by atoms with Crippen LogP contribution < -0.4 is 5.32 Å². The molecule has 0 amide bonds. The highest BCUT2D eigenvalue weighted by molar-refractivity contribution is 7.90. The number of benzene rings is 1. The van der Waals surface area contributed by atoms with Crippen molar-refractivity contribution >= 4 is 27.2 Å². The molecule has 1 N–H and O–H groups in total. The predicted molar refractivity (Wildman–Crippen MR) is 130 cm³/mol. The Morgan fingerprint density at radius 1 is 1.30 bits per heavy atom. The molecule has 0 aliphatic carbocycles. The molecule has 2 aromatic rings. The Kier molecular flexibility index (Phi) is 8.47. The predicted octanol–water partition coefficient (Wildman–Crippen LogP) is 3.67. The van der Waals surface area contributed by atoms with Gasteiger partial charge in [0.2, 0.25) is 15.0 Å². The summed E-state index contributed by atoms with van der Waals surface area (Å²) in [6, 6.07) is 5.78. The van der Waals surface area contributed by atoms with E-state index < -0.39 is 15.7 Å². The molecule has 1 aliphatic rings. The van der Waals surface area contributed by atoms with Crippen LogP contribution in [-0.2, 0) is 33.4 Å². The third kappa shape index (κ3) is 6.74. The number of hydrogen-bond acceptors (Lipinski definition) is 5. The maximum atomic E-state index is 13.3. The number of ether oxygens (including phenoxy) is 1. The topological polar surface area (TPSA) is 76.5 Å². The van der Waals surface area contributed by atoms with Crippen molar-refractivity contribution in [3.05, 3.63) is 47.5 Å². The summed E-state index contributed by atoms with van der Waals surface area (Å²) >= 11 is 5.60. The van der Waals surface area contributed by atoms with Gasteiger partial charge in [0.05, 0.1) is 36.8 Å². The Morgan fingerprint density at radius 3 is 2.58 bits per heavy atom. The van der Waals surface area contributed by atoms with Crippen LogP contribution >= 0.6 is 12.2 Å². The van der Waals surface area contributed by atoms with Crippen LogP contribution in [-0.4, -0.2) is 52.8 Å². The van der Waals surface area contributed by atoms with Crippen molar-refractivity contribution in [1.82, 2.24) is 19.8 Å². The van der Waals surface area contributed by atoms with Crippen LogP contribution in [0.2, 0.25) is 0 Å². The second kappa shape index (κ2) is 10.9. The zero-order chi connectivity index (χ0) is 24.2. The van der Waals surface area contributed by atoms with E-state index in [0.717, 1.165) is 18.5 Å². The first-order valence-electron chi connectivity index (χ1n) is 11.3. The van der Waals surface area contributed by atoms with Gasteiger partial charge in [-0.25, -0.2) is 17.8 Å². The van der Waals surface area contributed by atoms with E-state index in [9.17, 15) is 12.8 Å². The summed E-state index contributed by atoms with van der Waals surface area (Å²) < 4.78 is 47.5. The number of nitrogens with one attached hydrogen (secondary N) is 1. The van der Waals surface area contributed by atoms with Crippen molar-refractivity contribution in [1.29, 1.82) is 0 Å². The highest BCUT2D eigenvalue weighted by atomic mass is 32.2. The molecule has 0 saturated carbocycles. The normalized spacial score (nSPS) is 16.5. The molecule has 0 radical (unpaired) electrons. The van der Waals surface area contributed by atoms with Crippen LogP contribution in [0.4, 0.5) is 4.39 Å². The minimum absolute atomic E-state index is 0.00349. The van der Waals surface area contributed by atoms with E-state index in [1.807, 2.05) is 32.6 Å². The SMILES string of the molecule is CC(C)NC(=S)N(Cc1cnc(S(=O)(=O)Cc2ccc(F)cc2)n1C[C@@H]1CCCO1)C(C)C. The maximum Gasteiger partial charge on any atom is 0.228 e. The van der Waals surface area contributed by atoms with Gasteiger partial charge in [-0.1, -0.05) is 12.1 Å². The smallest absolute Gasteiger partial charge is 0.228 e. The molecule has 7 nitrogen and oxygen atoms in total. The zero-order valence-electron chi connectivity index (χ0n) is 19.6. The fourth-order valence-corrected chi connectivity index (χ4v) is 5.82. The van der Waals surface area contributed by atoms with E-state index in [1.165, 1.54) is 24.3 Å². The summed E-state index contributed by atoms with van der Waals surface area (Å²) in [5.74, 6) is -0.658. The quantitative estimate of drug-likeness (QED) is 0.531. The molecule has 1 aliphatic heterocycles. The number of aromatic nitrogens is 2. The highest BCUT2D eigenvalue weighted by Crippen LogP contribution is 2.23. The van der Waals surface area contributed by atoms with Gasteiger partial charge in [-0.15, -0.1) is 0 Å².